The Morgan fingerprint density at radius 3 is 1.85 bits per heavy atom. The average molecular weight is 355 g/mol. The lowest BCUT2D eigenvalue weighted by molar-refractivity contribution is 0.229. The van der Waals surface area contributed by atoms with Gasteiger partial charge in [-0.25, -0.2) is 0 Å². The minimum absolute atomic E-state index is 0.111. The van der Waals surface area contributed by atoms with Crippen LogP contribution < -0.4 is 0 Å². The second-order valence-electron chi connectivity index (χ2n) is 6.52. The van der Waals surface area contributed by atoms with Crippen molar-refractivity contribution in [1.82, 2.24) is 15.0 Å². The van der Waals surface area contributed by atoms with Crippen molar-refractivity contribution >= 4 is 0 Å². The van der Waals surface area contributed by atoms with Gasteiger partial charge in [0.05, 0.1) is 12.6 Å². The fraction of sp³-hybridized carbons (Fsp3) is 0.130. The van der Waals surface area contributed by atoms with Gasteiger partial charge in [-0.05, 0) is 18.2 Å². The van der Waals surface area contributed by atoms with Gasteiger partial charge in [-0.2, -0.15) is 4.98 Å². The largest absolute Gasteiger partial charge is 0.338 e. The molecule has 27 heavy (non-hydrogen) atoms. The molecular weight excluding hydrogens is 334 g/mol. The lowest BCUT2D eigenvalue weighted by atomic mass is 9.97. The van der Waals surface area contributed by atoms with Gasteiger partial charge < -0.3 is 4.52 Å². The summed E-state index contributed by atoms with van der Waals surface area (Å²) < 4.78 is 5.51. The van der Waals surface area contributed by atoms with Crippen LogP contribution in [-0.4, -0.2) is 22.1 Å². The van der Waals surface area contributed by atoms with Gasteiger partial charge in [-0.1, -0.05) is 96.2 Å². The quantitative estimate of drug-likeness (QED) is 0.490. The zero-order chi connectivity index (χ0) is 18.5. The Kier molecular flexibility index (Phi) is 5.08. The summed E-state index contributed by atoms with van der Waals surface area (Å²) in [6.45, 7) is 0.564. The fourth-order valence-electron chi connectivity index (χ4n) is 3.30. The Labute approximate surface area is 159 Å². The van der Waals surface area contributed by atoms with Gasteiger partial charge in [0, 0.05) is 5.56 Å². The molecule has 0 fully saturated rings. The molecule has 0 atom stereocenters. The minimum atomic E-state index is 0.111. The third kappa shape index (κ3) is 3.96. The molecule has 0 saturated heterocycles. The number of aromatic nitrogens is 2. The highest BCUT2D eigenvalue weighted by Gasteiger charge is 2.21. The van der Waals surface area contributed by atoms with Crippen molar-refractivity contribution in [2.24, 2.45) is 0 Å². The van der Waals surface area contributed by atoms with E-state index >= 15 is 0 Å². The molecule has 0 aliphatic heterocycles. The standard InChI is InChI=1S/C23H21N3O/c1-26(17-21-24-23(25-27-21)20-15-9-4-10-16-20)22(18-11-5-2-6-12-18)19-13-7-3-8-14-19/h2-16,22H,17H2,1H3. The van der Waals surface area contributed by atoms with E-state index < -0.39 is 0 Å². The summed E-state index contributed by atoms with van der Waals surface area (Å²) in [7, 11) is 2.08. The molecule has 0 aliphatic rings. The average Bonchev–Trinajstić information content (AvgIpc) is 3.19. The van der Waals surface area contributed by atoms with E-state index in [1.807, 2.05) is 42.5 Å². The SMILES string of the molecule is CN(Cc1nc(-c2ccccc2)no1)C(c1ccccc1)c1ccccc1. The van der Waals surface area contributed by atoms with Crippen molar-refractivity contribution in [3.8, 4) is 11.4 Å². The van der Waals surface area contributed by atoms with E-state index in [2.05, 4.69) is 70.6 Å². The molecule has 0 aliphatic carbocycles. The highest BCUT2D eigenvalue weighted by Crippen LogP contribution is 2.28. The van der Waals surface area contributed by atoms with Crippen molar-refractivity contribution in [1.29, 1.82) is 0 Å². The summed E-state index contributed by atoms with van der Waals surface area (Å²) in [5.41, 5.74) is 3.42. The van der Waals surface area contributed by atoms with Crippen LogP contribution in [-0.2, 0) is 6.54 Å². The van der Waals surface area contributed by atoms with E-state index in [-0.39, 0.29) is 6.04 Å². The first-order chi connectivity index (χ1) is 13.3. The van der Waals surface area contributed by atoms with Gasteiger partial charge in [-0.15, -0.1) is 0 Å². The third-order valence-corrected chi connectivity index (χ3v) is 4.56. The maximum Gasteiger partial charge on any atom is 0.241 e. The van der Waals surface area contributed by atoms with Gasteiger partial charge >= 0.3 is 0 Å². The topological polar surface area (TPSA) is 42.2 Å². The van der Waals surface area contributed by atoms with E-state index in [0.29, 0.717) is 18.3 Å². The van der Waals surface area contributed by atoms with Crippen LogP contribution in [0.4, 0.5) is 0 Å². The van der Waals surface area contributed by atoms with E-state index in [4.69, 9.17) is 4.52 Å². The predicted molar refractivity (Wildman–Crippen MR) is 106 cm³/mol. The van der Waals surface area contributed by atoms with Crippen molar-refractivity contribution in [2.75, 3.05) is 7.05 Å². The number of nitrogens with zero attached hydrogens (tertiary/aromatic N) is 3. The highest BCUT2D eigenvalue weighted by atomic mass is 16.5. The van der Waals surface area contributed by atoms with Gasteiger partial charge in [0.1, 0.15) is 0 Å². The molecular formula is C23H21N3O. The normalized spacial score (nSPS) is 11.2. The Morgan fingerprint density at radius 2 is 1.30 bits per heavy atom. The van der Waals surface area contributed by atoms with E-state index in [1.54, 1.807) is 0 Å². The zero-order valence-corrected chi connectivity index (χ0v) is 15.2. The summed E-state index contributed by atoms with van der Waals surface area (Å²) in [6, 6.07) is 30.9. The molecule has 0 spiro atoms. The Morgan fingerprint density at radius 1 is 0.778 bits per heavy atom. The third-order valence-electron chi connectivity index (χ3n) is 4.56. The fourth-order valence-corrected chi connectivity index (χ4v) is 3.30. The summed E-state index contributed by atoms with van der Waals surface area (Å²) in [6.07, 6.45) is 0. The molecule has 0 amide bonds. The molecule has 4 heteroatoms. The van der Waals surface area contributed by atoms with E-state index in [1.165, 1.54) is 11.1 Å². The molecule has 134 valence electrons. The monoisotopic (exact) mass is 355 g/mol. The first-order valence-corrected chi connectivity index (χ1v) is 8.99. The summed E-state index contributed by atoms with van der Waals surface area (Å²) >= 11 is 0. The lowest BCUT2D eigenvalue weighted by Gasteiger charge is -2.27. The molecule has 0 radical (unpaired) electrons. The summed E-state index contributed by atoms with van der Waals surface area (Å²) in [5, 5.41) is 4.13. The van der Waals surface area contributed by atoms with Crippen LogP contribution in [0.1, 0.15) is 23.1 Å². The lowest BCUT2D eigenvalue weighted by Crippen LogP contribution is -2.25. The maximum atomic E-state index is 5.51. The van der Waals surface area contributed by atoms with Gasteiger partial charge in [0.25, 0.3) is 0 Å². The molecule has 0 N–H and O–H groups in total. The Bertz CT molecular complexity index is 929. The maximum absolute atomic E-state index is 5.51. The second-order valence-corrected chi connectivity index (χ2v) is 6.52. The van der Waals surface area contributed by atoms with Crippen LogP contribution in [0.3, 0.4) is 0 Å². The minimum Gasteiger partial charge on any atom is -0.338 e. The first-order valence-electron chi connectivity index (χ1n) is 8.99. The molecule has 0 unspecified atom stereocenters. The van der Waals surface area contributed by atoms with E-state index in [9.17, 15) is 0 Å². The van der Waals surface area contributed by atoms with Gasteiger partial charge in [-0.3, -0.25) is 4.90 Å². The molecule has 3 aromatic carbocycles. The molecule has 4 rings (SSSR count). The van der Waals surface area contributed by atoms with Crippen LogP contribution in [0, 0.1) is 0 Å². The zero-order valence-electron chi connectivity index (χ0n) is 15.2. The number of hydrogen-bond donors (Lipinski definition) is 0. The van der Waals surface area contributed by atoms with Crippen molar-refractivity contribution in [2.45, 2.75) is 12.6 Å². The summed E-state index contributed by atoms with van der Waals surface area (Å²) in [4.78, 5) is 6.80. The van der Waals surface area contributed by atoms with Gasteiger partial charge in [0.15, 0.2) is 0 Å². The second kappa shape index (κ2) is 7.98. The summed E-state index contributed by atoms with van der Waals surface area (Å²) in [5.74, 6) is 1.23. The van der Waals surface area contributed by atoms with Crippen LogP contribution >= 0.6 is 0 Å². The Balaban J connectivity index is 1.59. The number of hydrogen-bond acceptors (Lipinski definition) is 4. The van der Waals surface area contributed by atoms with Crippen molar-refractivity contribution < 1.29 is 4.52 Å². The molecule has 0 saturated carbocycles. The predicted octanol–water partition coefficient (Wildman–Crippen LogP) is 4.96. The van der Waals surface area contributed by atoms with E-state index in [0.717, 1.165) is 5.56 Å². The highest BCUT2D eigenvalue weighted by molar-refractivity contribution is 5.53. The smallest absolute Gasteiger partial charge is 0.241 e. The molecule has 1 heterocycles. The molecule has 0 bridgehead atoms. The number of benzene rings is 3. The first kappa shape index (κ1) is 17.2. The Hall–Kier alpha value is -3.24. The van der Waals surface area contributed by atoms with Crippen molar-refractivity contribution in [3.05, 3.63) is 108 Å². The molecule has 1 aromatic heterocycles. The van der Waals surface area contributed by atoms with Crippen LogP contribution in [0.2, 0.25) is 0 Å². The molecule has 4 nitrogen and oxygen atoms in total. The van der Waals surface area contributed by atoms with Crippen LogP contribution in [0.5, 0.6) is 0 Å². The van der Waals surface area contributed by atoms with Crippen LogP contribution in [0.15, 0.2) is 95.5 Å². The van der Waals surface area contributed by atoms with Gasteiger partial charge in [0.2, 0.25) is 11.7 Å². The van der Waals surface area contributed by atoms with Crippen molar-refractivity contribution in [3.63, 3.8) is 0 Å². The van der Waals surface area contributed by atoms with Crippen LogP contribution in [0.25, 0.3) is 11.4 Å². The molecule has 4 aromatic rings. The number of rotatable bonds is 6.